The van der Waals surface area contributed by atoms with Gasteiger partial charge in [-0.05, 0) is 12.6 Å². The Kier molecular flexibility index (Phi) is 3.14. The molecule has 0 spiro atoms. The number of likely N-dealkylation sites (N-methyl/N-ethyl adjacent to an activating group) is 1. The Morgan fingerprint density at radius 1 is 1.24 bits per heavy atom. The van der Waals surface area contributed by atoms with Gasteiger partial charge in [-0.25, -0.2) is 0 Å². The topological polar surface area (TPSA) is 18.5 Å². The van der Waals surface area contributed by atoms with E-state index in [9.17, 15) is 0 Å². The van der Waals surface area contributed by atoms with Gasteiger partial charge in [-0.1, -0.05) is 30.3 Å². The third-order valence-electron chi connectivity index (χ3n) is 4.05. The highest BCUT2D eigenvalue weighted by atomic mass is 15.3. The molecular weight excluding hydrogens is 210 g/mol. The first-order valence-corrected chi connectivity index (χ1v) is 6.53. The molecule has 2 aliphatic rings. The molecule has 2 saturated heterocycles. The smallest absolute Gasteiger partial charge is 0.0386 e. The lowest BCUT2D eigenvalue weighted by molar-refractivity contribution is 0.179. The number of nitrogens with one attached hydrogen (secondary N) is 1. The highest BCUT2D eigenvalue weighted by Crippen LogP contribution is 2.19. The van der Waals surface area contributed by atoms with Crippen LogP contribution in [0, 0.1) is 0 Å². The van der Waals surface area contributed by atoms with Crippen molar-refractivity contribution in [1.29, 1.82) is 0 Å². The molecule has 0 radical (unpaired) electrons. The molecule has 0 bridgehead atoms. The average molecular weight is 231 g/mol. The molecular formula is C14H21N3. The van der Waals surface area contributed by atoms with Crippen molar-refractivity contribution >= 4 is 0 Å². The molecule has 3 rings (SSSR count). The molecule has 2 fully saturated rings. The normalized spacial score (nSPS) is 30.4. The van der Waals surface area contributed by atoms with Gasteiger partial charge in [0, 0.05) is 44.8 Å². The van der Waals surface area contributed by atoms with Gasteiger partial charge in [0.15, 0.2) is 0 Å². The Hall–Kier alpha value is -0.900. The van der Waals surface area contributed by atoms with E-state index < -0.39 is 0 Å². The van der Waals surface area contributed by atoms with E-state index in [1.54, 1.807) is 0 Å². The molecule has 17 heavy (non-hydrogen) atoms. The van der Waals surface area contributed by atoms with Gasteiger partial charge in [-0.15, -0.1) is 0 Å². The Morgan fingerprint density at radius 3 is 2.82 bits per heavy atom. The maximum Gasteiger partial charge on any atom is 0.0386 e. The minimum Gasteiger partial charge on any atom is -0.310 e. The third-order valence-corrected chi connectivity index (χ3v) is 4.05. The summed E-state index contributed by atoms with van der Waals surface area (Å²) in [6, 6.07) is 12.1. The summed E-state index contributed by atoms with van der Waals surface area (Å²) < 4.78 is 0. The highest BCUT2D eigenvalue weighted by molar-refractivity contribution is 5.15. The summed E-state index contributed by atoms with van der Waals surface area (Å²) in [6.07, 6.45) is 0. The van der Waals surface area contributed by atoms with Crippen molar-refractivity contribution in [3.63, 3.8) is 0 Å². The molecule has 92 valence electrons. The first-order chi connectivity index (χ1) is 8.33. The summed E-state index contributed by atoms with van der Waals surface area (Å²) in [5.41, 5.74) is 1.42. The molecule has 2 atom stereocenters. The van der Waals surface area contributed by atoms with Crippen LogP contribution in [0.15, 0.2) is 30.3 Å². The Morgan fingerprint density at radius 2 is 2.06 bits per heavy atom. The number of nitrogens with zero attached hydrogens (tertiary/aromatic N) is 2. The van der Waals surface area contributed by atoms with Crippen molar-refractivity contribution in [3.05, 3.63) is 35.9 Å². The summed E-state index contributed by atoms with van der Waals surface area (Å²) >= 11 is 0. The van der Waals surface area contributed by atoms with E-state index in [-0.39, 0.29) is 0 Å². The van der Waals surface area contributed by atoms with Crippen LogP contribution in [0.5, 0.6) is 0 Å². The number of benzene rings is 1. The van der Waals surface area contributed by atoms with Gasteiger partial charge in [-0.3, -0.25) is 9.80 Å². The standard InChI is InChI=1S/C14H21N3/c1-16-8-7-15-13-10-17(11-14(13)16)9-12-5-3-2-4-6-12/h2-6,13-15H,7-11H2,1H3. The largest absolute Gasteiger partial charge is 0.310 e. The zero-order valence-electron chi connectivity index (χ0n) is 10.5. The number of hydrogen-bond donors (Lipinski definition) is 1. The number of likely N-dealkylation sites (tertiary alicyclic amines) is 1. The van der Waals surface area contributed by atoms with E-state index in [2.05, 4.69) is 52.5 Å². The van der Waals surface area contributed by atoms with E-state index in [1.807, 2.05) is 0 Å². The number of hydrogen-bond acceptors (Lipinski definition) is 3. The van der Waals surface area contributed by atoms with Gasteiger partial charge in [0.2, 0.25) is 0 Å². The van der Waals surface area contributed by atoms with Gasteiger partial charge in [0.1, 0.15) is 0 Å². The predicted octanol–water partition coefficient (Wildman–Crippen LogP) is 0.774. The first-order valence-electron chi connectivity index (χ1n) is 6.53. The molecule has 0 aromatic heterocycles. The first kappa shape index (κ1) is 11.2. The summed E-state index contributed by atoms with van der Waals surface area (Å²) in [5.74, 6) is 0. The molecule has 1 N–H and O–H groups in total. The molecule has 2 unspecified atom stereocenters. The second-order valence-corrected chi connectivity index (χ2v) is 5.29. The van der Waals surface area contributed by atoms with Crippen LogP contribution in [0.1, 0.15) is 5.56 Å². The lowest BCUT2D eigenvalue weighted by Gasteiger charge is -2.34. The zero-order chi connectivity index (χ0) is 11.7. The number of piperazine rings is 1. The van der Waals surface area contributed by atoms with Crippen molar-refractivity contribution in [1.82, 2.24) is 15.1 Å². The number of fused-ring (bicyclic) bond motifs is 1. The minimum atomic E-state index is 0.664. The maximum absolute atomic E-state index is 3.64. The monoisotopic (exact) mass is 231 g/mol. The van der Waals surface area contributed by atoms with Crippen LogP contribution in [0.3, 0.4) is 0 Å². The van der Waals surface area contributed by atoms with Crippen LogP contribution in [0.25, 0.3) is 0 Å². The molecule has 1 aromatic carbocycles. The molecule has 1 aromatic rings. The van der Waals surface area contributed by atoms with Gasteiger partial charge in [0.05, 0.1) is 0 Å². The van der Waals surface area contributed by atoms with Gasteiger partial charge in [0.25, 0.3) is 0 Å². The minimum absolute atomic E-state index is 0.664. The van der Waals surface area contributed by atoms with E-state index in [1.165, 1.54) is 25.2 Å². The van der Waals surface area contributed by atoms with Gasteiger partial charge in [-0.2, -0.15) is 0 Å². The molecule has 2 heterocycles. The zero-order valence-corrected chi connectivity index (χ0v) is 10.5. The molecule has 0 amide bonds. The lowest BCUT2D eigenvalue weighted by Crippen LogP contribution is -2.55. The van der Waals surface area contributed by atoms with E-state index in [4.69, 9.17) is 0 Å². The van der Waals surface area contributed by atoms with Crippen LogP contribution in [-0.4, -0.2) is 55.1 Å². The molecule has 3 heteroatoms. The van der Waals surface area contributed by atoms with Crippen LogP contribution in [0.2, 0.25) is 0 Å². The van der Waals surface area contributed by atoms with E-state index in [0.29, 0.717) is 12.1 Å². The summed E-state index contributed by atoms with van der Waals surface area (Å²) in [5, 5.41) is 3.64. The van der Waals surface area contributed by atoms with E-state index >= 15 is 0 Å². The number of rotatable bonds is 2. The second kappa shape index (κ2) is 4.77. The average Bonchev–Trinajstić information content (AvgIpc) is 2.74. The Bertz CT molecular complexity index is 365. The quantitative estimate of drug-likeness (QED) is 0.811. The Labute approximate surface area is 103 Å². The fourth-order valence-corrected chi connectivity index (χ4v) is 3.08. The fourth-order valence-electron chi connectivity index (χ4n) is 3.08. The predicted molar refractivity (Wildman–Crippen MR) is 69.9 cm³/mol. The Balaban J connectivity index is 1.64. The van der Waals surface area contributed by atoms with E-state index in [0.717, 1.165) is 13.1 Å². The molecule has 3 nitrogen and oxygen atoms in total. The van der Waals surface area contributed by atoms with Crippen molar-refractivity contribution in [2.24, 2.45) is 0 Å². The maximum atomic E-state index is 3.64. The highest BCUT2D eigenvalue weighted by Gasteiger charge is 2.36. The SMILES string of the molecule is CN1CCNC2CN(Cc3ccccc3)CC21. The molecule has 0 saturated carbocycles. The lowest BCUT2D eigenvalue weighted by atomic mass is 10.1. The van der Waals surface area contributed by atoms with Crippen molar-refractivity contribution in [3.8, 4) is 0 Å². The second-order valence-electron chi connectivity index (χ2n) is 5.29. The third kappa shape index (κ3) is 2.37. The van der Waals surface area contributed by atoms with Crippen LogP contribution in [-0.2, 0) is 6.54 Å². The summed E-state index contributed by atoms with van der Waals surface area (Å²) in [6.45, 7) is 5.79. The van der Waals surface area contributed by atoms with Gasteiger partial charge < -0.3 is 5.32 Å². The summed E-state index contributed by atoms with van der Waals surface area (Å²) in [7, 11) is 2.25. The van der Waals surface area contributed by atoms with Crippen LogP contribution >= 0.6 is 0 Å². The van der Waals surface area contributed by atoms with Crippen molar-refractivity contribution in [2.75, 3.05) is 33.2 Å². The van der Waals surface area contributed by atoms with Gasteiger partial charge >= 0.3 is 0 Å². The molecule has 0 aliphatic carbocycles. The van der Waals surface area contributed by atoms with Crippen molar-refractivity contribution < 1.29 is 0 Å². The van der Waals surface area contributed by atoms with Crippen molar-refractivity contribution in [2.45, 2.75) is 18.6 Å². The van der Waals surface area contributed by atoms with Crippen LogP contribution < -0.4 is 5.32 Å². The molecule has 2 aliphatic heterocycles. The van der Waals surface area contributed by atoms with Crippen LogP contribution in [0.4, 0.5) is 0 Å². The summed E-state index contributed by atoms with van der Waals surface area (Å²) in [4.78, 5) is 5.08. The fraction of sp³-hybridized carbons (Fsp3) is 0.571.